The number of halogens is 1. The van der Waals surface area contributed by atoms with Gasteiger partial charge in [-0.05, 0) is 36.1 Å². The number of nitrogens with zero attached hydrogens (tertiary/aromatic N) is 2. The average Bonchev–Trinajstić information content (AvgIpc) is 3.41. The van der Waals surface area contributed by atoms with Crippen molar-refractivity contribution in [3.8, 4) is 0 Å². The number of amides is 3. The lowest BCUT2D eigenvalue weighted by Gasteiger charge is -2.31. The third-order valence-corrected chi connectivity index (χ3v) is 6.81. The van der Waals surface area contributed by atoms with Crippen LogP contribution in [0.15, 0.2) is 54.6 Å². The highest BCUT2D eigenvalue weighted by Gasteiger charge is 2.56. The molecule has 2 aromatic rings. The summed E-state index contributed by atoms with van der Waals surface area (Å²) in [5.41, 5.74) is -0.206. The van der Waals surface area contributed by atoms with E-state index in [9.17, 15) is 23.9 Å². The molecule has 0 aromatic heterocycles. The highest BCUT2D eigenvalue weighted by molar-refractivity contribution is 6.11. The van der Waals surface area contributed by atoms with Crippen LogP contribution in [0.4, 0.5) is 4.39 Å². The fourth-order valence-corrected chi connectivity index (χ4v) is 5.13. The van der Waals surface area contributed by atoms with Gasteiger partial charge in [0.25, 0.3) is 0 Å². The quantitative estimate of drug-likeness (QED) is 0.624. The molecule has 0 spiro atoms. The standard InChI is InChI=1S/C26H29FN2O4/c27-21-10-6-9-20(15-21)26(17-24(32)29(25(26)33)22-11-4-5-12-22)16-23(31)28(13-14-30)18-19-7-2-1-3-8-19/h1-3,6-10,15,22,30H,4-5,11-14,16-18H2/t26-/m1/s1. The summed E-state index contributed by atoms with van der Waals surface area (Å²) in [4.78, 5) is 43.1. The van der Waals surface area contributed by atoms with Gasteiger partial charge in [-0.25, -0.2) is 4.39 Å². The van der Waals surface area contributed by atoms with Crippen molar-refractivity contribution < 1.29 is 23.9 Å². The van der Waals surface area contributed by atoms with E-state index in [1.165, 1.54) is 28.0 Å². The molecule has 0 radical (unpaired) electrons. The van der Waals surface area contributed by atoms with Crippen molar-refractivity contribution in [1.29, 1.82) is 0 Å². The van der Waals surface area contributed by atoms with E-state index in [-0.39, 0.29) is 50.4 Å². The van der Waals surface area contributed by atoms with Crippen molar-refractivity contribution >= 4 is 17.7 Å². The van der Waals surface area contributed by atoms with Gasteiger partial charge >= 0.3 is 0 Å². The fraction of sp³-hybridized carbons (Fsp3) is 0.423. The van der Waals surface area contributed by atoms with E-state index < -0.39 is 17.1 Å². The Balaban J connectivity index is 1.67. The van der Waals surface area contributed by atoms with Gasteiger partial charge in [0.15, 0.2) is 0 Å². The minimum Gasteiger partial charge on any atom is -0.395 e. The molecule has 174 valence electrons. The molecular weight excluding hydrogens is 423 g/mol. The number of hydrogen-bond donors (Lipinski definition) is 1. The van der Waals surface area contributed by atoms with Gasteiger partial charge in [-0.2, -0.15) is 0 Å². The molecule has 1 aliphatic heterocycles. The predicted octanol–water partition coefficient (Wildman–Crippen LogP) is 3.18. The van der Waals surface area contributed by atoms with E-state index in [0.717, 1.165) is 31.2 Å². The maximum Gasteiger partial charge on any atom is 0.241 e. The summed E-state index contributed by atoms with van der Waals surface area (Å²) in [6.45, 7) is 0.141. The molecule has 2 aromatic carbocycles. The molecule has 1 aliphatic carbocycles. The molecule has 3 amide bonds. The van der Waals surface area contributed by atoms with Gasteiger partial charge in [0.05, 0.1) is 12.0 Å². The molecule has 7 heteroatoms. The first kappa shape index (κ1) is 23.1. The Morgan fingerprint density at radius 2 is 1.82 bits per heavy atom. The summed E-state index contributed by atoms with van der Waals surface area (Å²) in [7, 11) is 0. The van der Waals surface area contributed by atoms with Gasteiger partial charge in [-0.3, -0.25) is 19.3 Å². The number of aliphatic hydroxyl groups is 1. The highest BCUT2D eigenvalue weighted by atomic mass is 19.1. The van der Waals surface area contributed by atoms with E-state index >= 15 is 0 Å². The smallest absolute Gasteiger partial charge is 0.241 e. The number of rotatable bonds is 8. The van der Waals surface area contributed by atoms with Gasteiger partial charge < -0.3 is 10.0 Å². The third kappa shape index (κ3) is 4.69. The lowest BCUT2D eigenvalue weighted by atomic mass is 9.75. The van der Waals surface area contributed by atoms with Crippen LogP contribution in [0.1, 0.15) is 49.7 Å². The number of aliphatic hydroxyl groups excluding tert-OH is 1. The first-order valence-electron chi connectivity index (χ1n) is 11.5. The van der Waals surface area contributed by atoms with Crippen LogP contribution < -0.4 is 0 Å². The molecule has 2 fully saturated rings. The van der Waals surface area contributed by atoms with Crippen LogP contribution >= 0.6 is 0 Å². The molecule has 2 aliphatic rings. The normalized spacial score (nSPS) is 21.1. The molecule has 0 unspecified atom stereocenters. The zero-order valence-corrected chi connectivity index (χ0v) is 18.6. The second-order valence-corrected chi connectivity index (χ2v) is 8.98. The molecule has 1 saturated carbocycles. The number of imide groups is 1. The average molecular weight is 453 g/mol. The van der Waals surface area contributed by atoms with E-state index in [4.69, 9.17) is 0 Å². The summed E-state index contributed by atoms with van der Waals surface area (Å²) in [5, 5.41) is 9.55. The van der Waals surface area contributed by atoms with E-state index in [1.807, 2.05) is 30.3 Å². The van der Waals surface area contributed by atoms with Crippen LogP contribution in [-0.4, -0.2) is 51.8 Å². The molecule has 33 heavy (non-hydrogen) atoms. The summed E-state index contributed by atoms with van der Waals surface area (Å²) in [6, 6.07) is 14.9. The summed E-state index contributed by atoms with van der Waals surface area (Å²) < 4.78 is 14.2. The summed E-state index contributed by atoms with van der Waals surface area (Å²) >= 11 is 0. The molecule has 1 N–H and O–H groups in total. The highest BCUT2D eigenvalue weighted by Crippen LogP contribution is 2.43. The van der Waals surface area contributed by atoms with E-state index in [0.29, 0.717) is 5.56 Å². The van der Waals surface area contributed by atoms with Crippen LogP contribution in [0.5, 0.6) is 0 Å². The second kappa shape index (κ2) is 9.83. The Bertz CT molecular complexity index is 1020. The predicted molar refractivity (Wildman–Crippen MR) is 120 cm³/mol. The van der Waals surface area contributed by atoms with Crippen molar-refractivity contribution in [3.05, 3.63) is 71.5 Å². The van der Waals surface area contributed by atoms with Crippen LogP contribution in [0.3, 0.4) is 0 Å². The largest absolute Gasteiger partial charge is 0.395 e. The molecular formula is C26H29FN2O4. The number of benzene rings is 2. The monoisotopic (exact) mass is 452 g/mol. The number of carbonyl (C=O) groups excluding carboxylic acids is 3. The lowest BCUT2D eigenvalue weighted by molar-refractivity contribution is -0.145. The Morgan fingerprint density at radius 1 is 1.09 bits per heavy atom. The van der Waals surface area contributed by atoms with Gasteiger partial charge in [-0.15, -0.1) is 0 Å². The van der Waals surface area contributed by atoms with Crippen molar-refractivity contribution in [1.82, 2.24) is 9.80 Å². The Labute approximate surface area is 193 Å². The topological polar surface area (TPSA) is 77.9 Å². The van der Waals surface area contributed by atoms with E-state index in [1.54, 1.807) is 6.07 Å². The molecule has 0 bridgehead atoms. The van der Waals surface area contributed by atoms with Crippen LogP contribution in [0.25, 0.3) is 0 Å². The first-order valence-corrected chi connectivity index (χ1v) is 11.5. The van der Waals surface area contributed by atoms with E-state index in [2.05, 4.69) is 0 Å². The molecule has 1 atom stereocenters. The van der Waals surface area contributed by atoms with Crippen LogP contribution in [0, 0.1) is 5.82 Å². The third-order valence-electron chi connectivity index (χ3n) is 6.81. The van der Waals surface area contributed by atoms with Crippen molar-refractivity contribution in [3.63, 3.8) is 0 Å². The van der Waals surface area contributed by atoms with Crippen LogP contribution in [-0.2, 0) is 26.3 Å². The minimum atomic E-state index is -1.44. The molecule has 1 heterocycles. The van der Waals surface area contributed by atoms with Gasteiger partial charge in [0.2, 0.25) is 17.7 Å². The second-order valence-electron chi connectivity index (χ2n) is 8.98. The summed E-state index contributed by atoms with van der Waals surface area (Å²) in [6.07, 6.45) is 3.02. The SMILES string of the molecule is O=C(C[C@]1(c2cccc(F)c2)CC(=O)N(C2CCCC2)C1=O)N(CCO)Cc1ccccc1. The van der Waals surface area contributed by atoms with Crippen molar-refractivity contribution in [2.45, 2.75) is 56.5 Å². The molecule has 1 saturated heterocycles. The number of carbonyl (C=O) groups is 3. The fourth-order valence-electron chi connectivity index (χ4n) is 5.13. The zero-order valence-electron chi connectivity index (χ0n) is 18.6. The maximum absolute atomic E-state index is 14.2. The van der Waals surface area contributed by atoms with Crippen LogP contribution in [0.2, 0.25) is 0 Å². The number of hydrogen-bond acceptors (Lipinski definition) is 4. The maximum atomic E-state index is 14.2. The minimum absolute atomic E-state index is 0.0986. The molecule has 4 rings (SSSR count). The van der Waals surface area contributed by atoms with Gasteiger partial charge in [0, 0.05) is 32.0 Å². The lowest BCUT2D eigenvalue weighted by Crippen LogP contribution is -2.46. The Morgan fingerprint density at radius 3 is 2.48 bits per heavy atom. The Kier molecular flexibility index (Phi) is 6.88. The Hall–Kier alpha value is -3.06. The summed E-state index contributed by atoms with van der Waals surface area (Å²) in [5.74, 6) is -1.59. The van der Waals surface area contributed by atoms with Gasteiger partial charge in [0.1, 0.15) is 5.82 Å². The van der Waals surface area contributed by atoms with Gasteiger partial charge in [-0.1, -0.05) is 55.3 Å². The zero-order chi connectivity index (χ0) is 23.4. The number of likely N-dealkylation sites (tertiary alicyclic amines) is 1. The van der Waals surface area contributed by atoms with Crippen molar-refractivity contribution in [2.24, 2.45) is 0 Å². The van der Waals surface area contributed by atoms with Crippen molar-refractivity contribution in [2.75, 3.05) is 13.2 Å². The molecule has 6 nitrogen and oxygen atoms in total. The first-order chi connectivity index (χ1) is 15.9.